The smallest absolute Gasteiger partial charge is 0.243 e. The number of aryl methyl sites for hydroxylation is 2. The lowest BCUT2D eigenvalue weighted by Gasteiger charge is -2.21. The Morgan fingerprint density at radius 3 is 2.35 bits per heavy atom. The maximum atomic E-state index is 12.9. The molecule has 6 heteroatoms. The maximum Gasteiger partial charge on any atom is 0.243 e. The molecular weight excluding hydrogens is 348 g/mol. The molecule has 0 bridgehead atoms. The Labute approximate surface area is 155 Å². The Hall–Kier alpha value is -2.18. The van der Waals surface area contributed by atoms with Crippen LogP contribution in [0.1, 0.15) is 29.5 Å². The van der Waals surface area contributed by atoms with Gasteiger partial charge in [-0.1, -0.05) is 29.8 Å². The molecular formula is C20H24N2O3S. The van der Waals surface area contributed by atoms with Crippen LogP contribution in [0, 0.1) is 13.8 Å². The van der Waals surface area contributed by atoms with Gasteiger partial charge in [-0.25, -0.2) is 8.42 Å². The molecule has 1 aliphatic heterocycles. The molecule has 0 aromatic heterocycles. The first-order valence-electron chi connectivity index (χ1n) is 8.72. The zero-order chi connectivity index (χ0) is 18.9. The van der Waals surface area contributed by atoms with Crippen molar-refractivity contribution in [1.82, 2.24) is 4.31 Å². The van der Waals surface area contributed by atoms with Crippen molar-refractivity contribution in [3.63, 3.8) is 0 Å². The predicted molar refractivity (Wildman–Crippen MR) is 103 cm³/mol. The number of rotatable bonds is 5. The van der Waals surface area contributed by atoms with Gasteiger partial charge in [-0.15, -0.1) is 0 Å². The lowest BCUT2D eigenvalue weighted by atomic mass is 10.1. The van der Waals surface area contributed by atoms with Crippen molar-refractivity contribution < 1.29 is 13.2 Å². The molecule has 138 valence electrons. The summed E-state index contributed by atoms with van der Waals surface area (Å²) in [6.45, 7) is 4.85. The monoisotopic (exact) mass is 372 g/mol. The third kappa shape index (κ3) is 3.66. The highest BCUT2D eigenvalue weighted by molar-refractivity contribution is 7.89. The van der Waals surface area contributed by atoms with Crippen LogP contribution in [-0.4, -0.2) is 32.2 Å². The van der Waals surface area contributed by atoms with Gasteiger partial charge in [0, 0.05) is 32.2 Å². The molecule has 1 amide bonds. The molecule has 1 saturated heterocycles. The normalized spacial score (nSPS) is 15.1. The molecule has 0 aliphatic carbocycles. The summed E-state index contributed by atoms with van der Waals surface area (Å²) in [6.07, 6.45) is 1.40. The van der Waals surface area contributed by atoms with E-state index in [0.717, 1.165) is 28.8 Å². The van der Waals surface area contributed by atoms with E-state index in [1.54, 1.807) is 30.1 Å². The zero-order valence-electron chi connectivity index (χ0n) is 15.4. The quantitative estimate of drug-likeness (QED) is 0.809. The standard InChI is InChI=1S/C20H24N2O3S/c1-15-6-8-17(9-7-15)14-21(3)26(24,25)18-10-11-19(16(2)13-18)22-12-4-5-20(22)23/h6-11,13H,4-5,12,14H2,1-3H3. The molecule has 1 aliphatic rings. The van der Waals surface area contributed by atoms with E-state index in [1.807, 2.05) is 38.1 Å². The molecule has 3 rings (SSSR count). The fourth-order valence-corrected chi connectivity index (χ4v) is 4.45. The highest BCUT2D eigenvalue weighted by Crippen LogP contribution is 2.28. The van der Waals surface area contributed by atoms with Crippen LogP contribution in [0.2, 0.25) is 0 Å². The summed E-state index contributed by atoms with van der Waals surface area (Å²) in [4.78, 5) is 13.9. The lowest BCUT2D eigenvalue weighted by Crippen LogP contribution is -2.27. The number of nitrogens with zero attached hydrogens (tertiary/aromatic N) is 2. The summed E-state index contributed by atoms with van der Waals surface area (Å²) < 4.78 is 27.2. The summed E-state index contributed by atoms with van der Waals surface area (Å²) in [6, 6.07) is 12.8. The number of amides is 1. The maximum absolute atomic E-state index is 12.9. The van der Waals surface area contributed by atoms with Crippen molar-refractivity contribution in [2.24, 2.45) is 0 Å². The molecule has 0 spiro atoms. The first-order chi connectivity index (χ1) is 12.3. The fourth-order valence-electron chi connectivity index (χ4n) is 3.21. The molecule has 2 aromatic rings. The van der Waals surface area contributed by atoms with Gasteiger partial charge in [0.15, 0.2) is 0 Å². The van der Waals surface area contributed by atoms with Crippen molar-refractivity contribution in [1.29, 1.82) is 0 Å². The molecule has 5 nitrogen and oxygen atoms in total. The molecule has 0 saturated carbocycles. The number of hydrogen-bond donors (Lipinski definition) is 0. The summed E-state index contributed by atoms with van der Waals surface area (Å²) in [5.41, 5.74) is 3.68. The molecule has 2 aromatic carbocycles. The van der Waals surface area contributed by atoms with Gasteiger partial charge >= 0.3 is 0 Å². The van der Waals surface area contributed by atoms with Crippen LogP contribution < -0.4 is 4.90 Å². The second-order valence-electron chi connectivity index (χ2n) is 6.84. The first kappa shape index (κ1) is 18.6. The van der Waals surface area contributed by atoms with Gasteiger partial charge in [0.2, 0.25) is 15.9 Å². The Morgan fingerprint density at radius 2 is 1.77 bits per heavy atom. The van der Waals surface area contributed by atoms with E-state index in [2.05, 4.69) is 0 Å². The first-order valence-corrected chi connectivity index (χ1v) is 10.2. The van der Waals surface area contributed by atoms with Gasteiger partial charge in [-0.3, -0.25) is 4.79 Å². The topological polar surface area (TPSA) is 57.7 Å². The van der Waals surface area contributed by atoms with Crippen LogP contribution in [0.3, 0.4) is 0 Å². The van der Waals surface area contributed by atoms with Gasteiger partial charge in [0.1, 0.15) is 0 Å². The van der Waals surface area contributed by atoms with E-state index in [0.29, 0.717) is 19.5 Å². The second-order valence-corrected chi connectivity index (χ2v) is 8.89. The largest absolute Gasteiger partial charge is 0.312 e. The van der Waals surface area contributed by atoms with Crippen LogP contribution in [0.4, 0.5) is 5.69 Å². The number of sulfonamides is 1. The van der Waals surface area contributed by atoms with E-state index in [-0.39, 0.29) is 10.8 Å². The Balaban J connectivity index is 1.83. The minimum atomic E-state index is -3.59. The Morgan fingerprint density at radius 1 is 1.08 bits per heavy atom. The molecule has 26 heavy (non-hydrogen) atoms. The molecule has 0 N–H and O–H groups in total. The van der Waals surface area contributed by atoms with E-state index < -0.39 is 10.0 Å². The van der Waals surface area contributed by atoms with E-state index >= 15 is 0 Å². The number of carbonyl (C=O) groups is 1. The summed E-state index contributed by atoms with van der Waals surface area (Å²) in [5, 5.41) is 0. The van der Waals surface area contributed by atoms with Crippen molar-refractivity contribution in [3.8, 4) is 0 Å². The van der Waals surface area contributed by atoms with Crippen LogP contribution in [-0.2, 0) is 21.4 Å². The van der Waals surface area contributed by atoms with Gasteiger partial charge in [-0.05, 0) is 49.6 Å². The number of benzene rings is 2. The summed E-state index contributed by atoms with van der Waals surface area (Å²) >= 11 is 0. The van der Waals surface area contributed by atoms with Gasteiger partial charge < -0.3 is 4.90 Å². The van der Waals surface area contributed by atoms with Gasteiger partial charge in [-0.2, -0.15) is 4.31 Å². The zero-order valence-corrected chi connectivity index (χ0v) is 16.2. The third-order valence-electron chi connectivity index (χ3n) is 4.77. The van der Waals surface area contributed by atoms with Gasteiger partial charge in [0.25, 0.3) is 0 Å². The van der Waals surface area contributed by atoms with E-state index in [9.17, 15) is 13.2 Å². The number of anilines is 1. The van der Waals surface area contributed by atoms with Crippen molar-refractivity contribution >= 4 is 21.6 Å². The SMILES string of the molecule is Cc1ccc(CN(C)S(=O)(=O)c2ccc(N3CCCC3=O)c(C)c2)cc1. The average Bonchev–Trinajstić information content (AvgIpc) is 3.02. The second kappa shape index (κ2) is 7.21. The number of carbonyl (C=O) groups excluding carboxylic acids is 1. The van der Waals surface area contributed by atoms with Crippen LogP contribution in [0.5, 0.6) is 0 Å². The molecule has 0 atom stereocenters. The van der Waals surface area contributed by atoms with Crippen LogP contribution >= 0.6 is 0 Å². The third-order valence-corrected chi connectivity index (χ3v) is 6.57. The minimum Gasteiger partial charge on any atom is -0.312 e. The molecule has 1 heterocycles. The highest BCUT2D eigenvalue weighted by Gasteiger charge is 2.26. The van der Waals surface area contributed by atoms with Gasteiger partial charge in [0.05, 0.1) is 4.90 Å². The summed E-state index contributed by atoms with van der Waals surface area (Å²) in [7, 11) is -2.01. The van der Waals surface area contributed by atoms with E-state index in [4.69, 9.17) is 0 Å². The minimum absolute atomic E-state index is 0.0974. The molecule has 0 radical (unpaired) electrons. The predicted octanol–water partition coefficient (Wildman–Crippen LogP) is 3.25. The Kier molecular flexibility index (Phi) is 5.16. The van der Waals surface area contributed by atoms with Crippen LogP contribution in [0.25, 0.3) is 0 Å². The van der Waals surface area contributed by atoms with Crippen molar-refractivity contribution in [2.45, 2.75) is 38.1 Å². The van der Waals surface area contributed by atoms with Crippen molar-refractivity contribution in [3.05, 3.63) is 59.2 Å². The molecule has 1 fully saturated rings. The van der Waals surface area contributed by atoms with Crippen LogP contribution in [0.15, 0.2) is 47.4 Å². The average molecular weight is 372 g/mol. The fraction of sp³-hybridized carbons (Fsp3) is 0.350. The summed E-state index contributed by atoms with van der Waals surface area (Å²) in [5.74, 6) is 0.0974. The molecule has 0 unspecified atom stereocenters. The van der Waals surface area contributed by atoms with E-state index in [1.165, 1.54) is 4.31 Å². The van der Waals surface area contributed by atoms with Crippen molar-refractivity contribution in [2.75, 3.05) is 18.5 Å². The Bertz CT molecular complexity index is 921. The highest BCUT2D eigenvalue weighted by atomic mass is 32.2. The lowest BCUT2D eigenvalue weighted by molar-refractivity contribution is -0.117. The number of hydrogen-bond acceptors (Lipinski definition) is 3.